The summed E-state index contributed by atoms with van der Waals surface area (Å²) in [7, 11) is 0. The van der Waals surface area contributed by atoms with E-state index in [0.29, 0.717) is 13.1 Å². The molecule has 1 aliphatic heterocycles. The van der Waals surface area contributed by atoms with Gasteiger partial charge in [-0.05, 0) is 30.5 Å². The molecule has 8 nitrogen and oxygen atoms in total. The van der Waals surface area contributed by atoms with Crippen LogP contribution in [0.25, 0.3) is 0 Å². The van der Waals surface area contributed by atoms with E-state index >= 15 is 0 Å². The van der Waals surface area contributed by atoms with Crippen molar-refractivity contribution < 1.29 is 9.59 Å². The normalized spacial score (nSPS) is 17.3. The third-order valence-electron chi connectivity index (χ3n) is 4.40. The Bertz CT molecular complexity index is 730. The molecule has 2 aromatic rings. The number of nitrogens with one attached hydrogen (secondary N) is 1. The molecule has 8 heteroatoms. The number of aromatic nitrogens is 3. The third-order valence-corrected chi connectivity index (χ3v) is 4.40. The number of hydrogen-bond acceptors (Lipinski definition) is 4. The lowest BCUT2D eigenvalue weighted by molar-refractivity contribution is -0.131. The number of urea groups is 1. The molecule has 0 saturated carbocycles. The van der Waals surface area contributed by atoms with Crippen molar-refractivity contribution in [2.45, 2.75) is 25.3 Å². The van der Waals surface area contributed by atoms with E-state index in [1.54, 1.807) is 23.5 Å². The van der Waals surface area contributed by atoms with Crippen molar-refractivity contribution in [3.63, 3.8) is 0 Å². The number of hydrogen-bond donors (Lipinski definition) is 2. The first-order valence-corrected chi connectivity index (χ1v) is 8.34. The summed E-state index contributed by atoms with van der Waals surface area (Å²) in [5.74, 6) is 1.05. The SMILES string of the molecule is NC(=O)NCC(=O)N1CCC[C@H](c2nccn2Cc2ccncc2)C1. The van der Waals surface area contributed by atoms with Crippen LogP contribution in [0, 0.1) is 0 Å². The molecule has 1 aliphatic rings. The second-order valence-electron chi connectivity index (χ2n) is 6.17. The Morgan fingerprint density at radius 1 is 1.28 bits per heavy atom. The van der Waals surface area contributed by atoms with Crippen LogP contribution < -0.4 is 11.1 Å². The third kappa shape index (κ3) is 4.34. The van der Waals surface area contributed by atoms with Gasteiger partial charge in [-0.2, -0.15) is 0 Å². The number of carbonyl (C=O) groups is 2. The fraction of sp³-hybridized carbons (Fsp3) is 0.412. The zero-order valence-electron chi connectivity index (χ0n) is 14.0. The maximum atomic E-state index is 12.2. The number of carbonyl (C=O) groups excluding carboxylic acids is 2. The highest BCUT2D eigenvalue weighted by Gasteiger charge is 2.27. The fourth-order valence-electron chi connectivity index (χ4n) is 3.19. The van der Waals surface area contributed by atoms with Crippen molar-refractivity contribution in [2.75, 3.05) is 19.6 Å². The maximum absolute atomic E-state index is 12.2. The van der Waals surface area contributed by atoms with Gasteiger partial charge in [0.05, 0.1) is 6.54 Å². The molecule has 2 aromatic heterocycles. The number of pyridine rings is 1. The Labute approximate surface area is 146 Å². The van der Waals surface area contributed by atoms with E-state index in [-0.39, 0.29) is 18.4 Å². The van der Waals surface area contributed by atoms with Crippen LogP contribution in [0.1, 0.15) is 30.1 Å². The minimum absolute atomic E-state index is 0.0620. The van der Waals surface area contributed by atoms with Gasteiger partial charge in [0.15, 0.2) is 0 Å². The standard InChI is InChI=1S/C17H22N6O2/c18-17(25)21-10-15(24)22-8-1-2-14(12-22)16-20-7-9-23(16)11-13-3-5-19-6-4-13/h3-7,9,14H,1-2,8,10-12H2,(H3,18,21,25)/t14-/m0/s1. The highest BCUT2D eigenvalue weighted by atomic mass is 16.2. The van der Waals surface area contributed by atoms with Crippen molar-refractivity contribution >= 4 is 11.9 Å². The average molecular weight is 342 g/mol. The first-order chi connectivity index (χ1) is 12.1. The van der Waals surface area contributed by atoms with Gasteiger partial charge in [0.1, 0.15) is 5.82 Å². The van der Waals surface area contributed by atoms with Crippen LogP contribution in [0.15, 0.2) is 36.9 Å². The molecular weight excluding hydrogens is 320 g/mol. The Balaban J connectivity index is 1.67. The summed E-state index contributed by atoms with van der Waals surface area (Å²) in [4.78, 5) is 33.3. The molecule has 0 aromatic carbocycles. The number of nitrogens with zero attached hydrogens (tertiary/aromatic N) is 4. The largest absolute Gasteiger partial charge is 0.352 e. The molecule has 0 bridgehead atoms. The predicted octanol–water partition coefficient (Wildman–Crippen LogP) is 0.701. The van der Waals surface area contributed by atoms with E-state index < -0.39 is 6.03 Å². The minimum Gasteiger partial charge on any atom is -0.352 e. The molecule has 1 saturated heterocycles. The van der Waals surface area contributed by atoms with Gasteiger partial charge in [-0.1, -0.05) is 0 Å². The van der Waals surface area contributed by atoms with Crippen LogP contribution in [-0.2, 0) is 11.3 Å². The molecule has 25 heavy (non-hydrogen) atoms. The maximum Gasteiger partial charge on any atom is 0.312 e. The summed E-state index contributed by atoms with van der Waals surface area (Å²) < 4.78 is 2.12. The van der Waals surface area contributed by atoms with Crippen LogP contribution in [0.2, 0.25) is 0 Å². The first-order valence-electron chi connectivity index (χ1n) is 8.34. The van der Waals surface area contributed by atoms with Crippen LogP contribution in [-0.4, -0.2) is 51.0 Å². The highest BCUT2D eigenvalue weighted by molar-refractivity contribution is 5.83. The number of amides is 3. The molecule has 1 fully saturated rings. The second-order valence-corrected chi connectivity index (χ2v) is 6.17. The van der Waals surface area contributed by atoms with E-state index in [2.05, 4.69) is 19.9 Å². The quantitative estimate of drug-likeness (QED) is 0.834. The second kappa shape index (κ2) is 7.78. The molecule has 0 unspecified atom stereocenters. The van der Waals surface area contributed by atoms with Gasteiger partial charge >= 0.3 is 6.03 Å². The van der Waals surface area contributed by atoms with E-state index in [1.807, 2.05) is 18.3 Å². The van der Waals surface area contributed by atoms with Gasteiger partial charge in [0, 0.05) is 50.3 Å². The van der Waals surface area contributed by atoms with Crippen molar-refractivity contribution in [1.82, 2.24) is 24.8 Å². The Morgan fingerprint density at radius 3 is 2.84 bits per heavy atom. The summed E-state index contributed by atoms with van der Waals surface area (Å²) in [6.45, 7) is 1.96. The first kappa shape index (κ1) is 16.9. The number of nitrogens with two attached hydrogens (primary N) is 1. The average Bonchev–Trinajstić information content (AvgIpc) is 3.08. The van der Waals surface area contributed by atoms with Gasteiger partial charge in [-0.15, -0.1) is 0 Å². The van der Waals surface area contributed by atoms with Crippen molar-refractivity contribution in [3.05, 3.63) is 48.3 Å². The van der Waals surface area contributed by atoms with E-state index in [1.165, 1.54) is 0 Å². The molecule has 0 spiro atoms. The summed E-state index contributed by atoms with van der Waals surface area (Å²) in [6.07, 6.45) is 9.21. The number of rotatable bonds is 5. The Hall–Kier alpha value is -2.90. The predicted molar refractivity (Wildman–Crippen MR) is 91.7 cm³/mol. The van der Waals surface area contributed by atoms with Gasteiger partial charge in [-0.25, -0.2) is 9.78 Å². The van der Waals surface area contributed by atoms with Gasteiger partial charge in [0.2, 0.25) is 5.91 Å². The monoisotopic (exact) mass is 342 g/mol. The molecule has 3 heterocycles. The van der Waals surface area contributed by atoms with Crippen LogP contribution in [0.5, 0.6) is 0 Å². The summed E-state index contributed by atoms with van der Waals surface area (Å²) in [6, 6.07) is 3.28. The number of likely N-dealkylation sites (tertiary alicyclic amines) is 1. The lowest BCUT2D eigenvalue weighted by atomic mass is 9.97. The zero-order valence-corrected chi connectivity index (χ0v) is 14.0. The molecule has 0 radical (unpaired) electrons. The molecule has 132 valence electrons. The Morgan fingerprint density at radius 2 is 2.08 bits per heavy atom. The molecule has 1 atom stereocenters. The highest BCUT2D eigenvalue weighted by Crippen LogP contribution is 2.26. The van der Waals surface area contributed by atoms with Crippen LogP contribution >= 0.6 is 0 Å². The van der Waals surface area contributed by atoms with Gasteiger partial charge in [0.25, 0.3) is 0 Å². The summed E-state index contributed by atoms with van der Waals surface area (Å²) in [5.41, 5.74) is 6.19. The van der Waals surface area contributed by atoms with Crippen molar-refractivity contribution in [3.8, 4) is 0 Å². The molecule has 0 aliphatic carbocycles. The van der Waals surface area contributed by atoms with Crippen LogP contribution in [0.3, 0.4) is 0 Å². The topological polar surface area (TPSA) is 106 Å². The number of imidazole rings is 1. The lowest BCUT2D eigenvalue weighted by Crippen LogP contribution is -2.45. The number of primary amides is 1. The van der Waals surface area contributed by atoms with Gasteiger partial charge < -0.3 is 20.5 Å². The summed E-state index contributed by atoms with van der Waals surface area (Å²) in [5, 5.41) is 2.36. The smallest absolute Gasteiger partial charge is 0.312 e. The Kier molecular flexibility index (Phi) is 5.27. The number of piperidine rings is 1. The minimum atomic E-state index is -0.685. The summed E-state index contributed by atoms with van der Waals surface area (Å²) >= 11 is 0. The molecule has 3 amide bonds. The van der Waals surface area contributed by atoms with Crippen LogP contribution in [0.4, 0.5) is 4.79 Å². The van der Waals surface area contributed by atoms with Gasteiger partial charge in [-0.3, -0.25) is 9.78 Å². The van der Waals surface area contributed by atoms with E-state index in [9.17, 15) is 9.59 Å². The molecular formula is C17H22N6O2. The lowest BCUT2D eigenvalue weighted by Gasteiger charge is -2.32. The molecule has 3 N–H and O–H groups in total. The van der Waals surface area contributed by atoms with E-state index in [0.717, 1.165) is 30.8 Å². The van der Waals surface area contributed by atoms with E-state index in [4.69, 9.17) is 5.73 Å². The van der Waals surface area contributed by atoms with Crippen molar-refractivity contribution in [2.24, 2.45) is 5.73 Å². The zero-order chi connectivity index (χ0) is 17.6. The molecule has 3 rings (SSSR count). The van der Waals surface area contributed by atoms with Crippen molar-refractivity contribution in [1.29, 1.82) is 0 Å². The fourth-order valence-corrected chi connectivity index (χ4v) is 3.19.